The van der Waals surface area contributed by atoms with Gasteiger partial charge in [0.2, 0.25) is 0 Å². The summed E-state index contributed by atoms with van der Waals surface area (Å²) >= 11 is 3.40. The van der Waals surface area contributed by atoms with Crippen molar-refractivity contribution in [1.82, 2.24) is 4.57 Å². The average molecular weight is 242 g/mol. The molecule has 3 heteroatoms. The van der Waals surface area contributed by atoms with E-state index in [-0.39, 0.29) is 5.82 Å². The van der Waals surface area contributed by atoms with Crippen LogP contribution in [0.15, 0.2) is 22.7 Å². The SMILES string of the molecule is Cc1cc2c(Br)ccc(F)c2n1C. The summed E-state index contributed by atoms with van der Waals surface area (Å²) in [7, 11) is 1.87. The number of aryl methyl sites for hydroxylation is 2. The predicted octanol–water partition coefficient (Wildman–Crippen LogP) is 3.39. The van der Waals surface area contributed by atoms with E-state index in [2.05, 4.69) is 15.9 Å². The second-order valence-electron chi connectivity index (χ2n) is 3.14. The molecule has 0 amide bonds. The van der Waals surface area contributed by atoms with Crippen molar-refractivity contribution in [3.8, 4) is 0 Å². The van der Waals surface area contributed by atoms with Crippen LogP contribution >= 0.6 is 15.9 Å². The lowest BCUT2D eigenvalue weighted by Crippen LogP contribution is -1.91. The van der Waals surface area contributed by atoms with E-state index in [0.717, 1.165) is 15.6 Å². The first-order valence-corrected chi connectivity index (χ1v) is 4.80. The van der Waals surface area contributed by atoms with E-state index < -0.39 is 0 Å². The van der Waals surface area contributed by atoms with Crippen LogP contribution in [0.25, 0.3) is 10.9 Å². The molecule has 0 aliphatic rings. The summed E-state index contributed by atoms with van der Waals surface area (Å²) < 4.78 is 16.2. The monoisotopic (exact) mass is 241 g/mol. The first-order valence-electron chi connectivity index (χ1n) is 4.01. The molecule has 2 rings (SSSR count). The van der Waals surface area contributed by atoms with Crippen molar-refractivity contribution in [2.24, 2.45) is 7.05 Å². The third kappa shape index (κ3) is 1.18. The number of rotatable bonds is 0. The predicted molar refractivity (Wildman–Crippen MR) is 55.3 cm³/mol. The van der Waals surface area contributed by atoms with Crippen molar-refractivity contribution in [2.45, 2.75) is 6.92 Å². The molecule has 1 aromatic carbocycles. The van der Waals surface area contributed by atoms with Crippen LogP contribution in [0.4, 0.5) is 4.39 Å². The summed E-state index contributed by atoms with van der Waals surface area (Å²) in [5.41, 5.74) is 1.72. The Kier molecular flexibility index (Phi) is 1.91. The van der Waals surface area contributed by atoms with Crippen molar-refractivity contribution < 1.29 is 4.39 Å². The van der Waals surface area contributed by atoms with Crippen molar-refractivity contribution in [2.75, 3.05) is 0 Å². The number of benzene rings is 1. The molecule has 68 valence electrons. The van der Waals surface area contributed by atoms with Crippen LogP contribution in [-0.4, -0.2) is 4.57 Å². The number of aromatic nitrogens is 1. The Morgan fingerprint density at radius 1 is 1.38 bits per heavy atom. The van der Waals surface area contributed by atoms with E-state index >= 15 is 0 Å². The summed E-state index contributed by atoms with van der Waals surface area (Å²) in [6, 6.07) is 5.19. The van der Waals surface area contributed by atoms with Gasteiger partial charge >= 0.3 is 0 Å². The van der Waals surface area contributed by atoms with Crippen molar-refractivity contribution in [1.29, 1.82) is 0 Å². The van der Waals surface area contributed by atoms with E-state index in [9.17, 15) is 4.39 Å². The largest absolute Gasteiger partial charge is 0.346 e. The number of hydrogen-bond donors (Lipinski definition) is 0. The van der Waals surface area contributed by atoms with Crippen LogP contribution in [0.5, 0.6) is 0 Å². The Morgan fingerprint density at radius 3 is 2.69 bits per heavy atom. The van der Waals surface area contributed by atoms with Crippen LogP contribution in [-0.2, 0) is 7.05 Å². The highest BCUT2D eigenvalue weighted by Gasteiger charge is 2.09. The van der Waals surface area contributed by atoms with Crippen LogP contribution < -0.4 is 0 Å². The summed E-state index contributed by atoms with van der Waals surface area (Å²) in [6.45, 7) is 1.96. The van der Waals surface area contributed by atoms with E-state index in [4.69, 9.17) is 0 Å². The molecule has 0 saturated carbocycles. The summed E-state index contributed by atoms with van der Waals surface area (Å²) in [4.78, 5) is 0. The minimum absolute atomic E-state index is 0.172. The molecule has 1 heterocycles. The molecule has 0 bridgehead atoms. The van der Waals surface area contributed by atoms with Gasteiger partial charge in [0.1, 0.15) is 5.82 Å². The zero-order valence-electron chi connectivity index (χ0n) is 7.44. The van der Waals surface area contributed by atoms with Gasteiger partial charge in [-0.3, -0.25) is 0 Å². The van der Waals surface area contributed by atoms with Crippen LogP contribution in [0.1, 0.15) is 5.69 Å². The summed E-state index contributed by atoms with van der Waals surface area (Å²) in [5, 5.41) is 0.931. The number of halogens is 2. The van der Waals surface area contributed by atoms with E-state index in [1.807, 2.05) is 24.6 Å². The summed E-state index contributed by atoms with van der Waals surface area (Å²) in [5.74, 6) is -0.172. The molecule has 0 spiro atoms. The molecule has 1 aromatic heterocycles. The number of nitrogens with zero attached hydrogens (tertiary/aromatic N) is 1. The van der Waals surface area contributed by atoms with Gasteiger partial charge < -0.3 is 4.57 Å². The molecule has 2 aromatic rings. The third-order valence-electron chi connectivity index (χ3n) is 2.33. The number of fused-ring (bicyclic) bond motifs is 1. The highest BCUT2D eigenvalue weighted by molar-refractivity contribution is 9.10. The van der Waals surface area contributed by atoms with Gasteiger partial charge in [-0.15, -0.1) is 0 Å². The van der Waals surface area contributed by atoms with Gasteiger partial charge in [-0.1, -0.05) is 15.9 Å². The first-order chi connectivity index (χ1) is 6.11. The molecule has 0 radical (unpaired) electrons. The van der Waals surface area contributed by atoms with Gasteiger partial charge in [0.15, 0.2) is 0 Å². The molecule has 0 N–H and O–H groups in total. The maximum Gasteiger partial charge on any atom is 0.147 e. The molecule has 0 unspecified atom stereocenters. The lowest BCUT2D eigenvalue weighted by Gasteiger charge is -2.00. The molecule has 13 heavy (non-hydrogen) atoms. The Morgan fingerprint density at radius 2 is 2.08 bits per heavy atom. The normalized spacial score (nSPS) is 11.1. The lowest BCUT2D eigenvalue weighted by atomic mass is 10.2. The lowest BCUT2D eigenvalue weighted by molar-refractivity contribution is 0.631. The highest BCUT2D eigenvalue weighted by atomic mass is 79.9. The maximum absolute atomic E-state index is 13.4. The van der Waals surface area contributed by atoms with Crippen molar-refractivity contribution in [3.05, 3.63) is 34.2 Å². The van der Waals surface area contributed by atoms with Gasteiger partial charge in [0.25, 0.3) is 0 Å². The van der Waals surface area contributed by atoms with Gasteiger partial charge in [-0.05, 0) is 25.1 Å². The molecular weight excluding hydrogens is 233 g/mol. The topological polar surface area (TPSA) is 4.93 Å². The molecule has 0 fully saturated rings. The van der Waals surface area contributed by atoms with Gasteiger partial charge in [0, 0.05) is 22.6 Å². The zero-order valence-corrected chi connectivity index (χ0v) is 9.02. The van der Waals surface area contributed by atoms with Crippen LogP contribution in [0.3, 0.4) is 0 Å². The minimum Gasteiger partial charge on any atom is -0.346 e. The Balaban J connectivity index is 3.00. The fourth-order valence-electron chi connectivity index (χ4n) is 1.52. The van der Waals surface area contributed by atoms with E-state index in [1.54, 1.807) is 6.07 Å². The Hall–Kier alpha value is -0.830. The third-order valence-corrected chi connectivity index (χ3v) is 3.02. The minimum atomic E-state index is -0.172. The summed E-state index contributed by atoms with van der Waals surface area (Å²) in [6.07, 6.45) is 0. The Labute approximate surface area is 84.3 Å². The standard InChI is InChI=1S/C10H9BrFN/c1-6-5-7-8(11)3-4-9(12)10(7)13(6)2/h3-5H,1-2H3. The zero-order chi connectivity index (χ0) is 9.59. The molecule has 0 aliphatic heterocycles. The van der Waals surface area contributed by atoms with E-state index in [0.29, 0.717) is 5.52 Å². The molecule has 0 saturated heterocycles. The van der Waals surface area contributed by atoms with Gasteiger partial charge in [0.05, 0.1) is 5.52 Å². The second kappa shape index (κ2) is 2.84. The first kappa shape index (κ1) is 8.75. The smallest absolute Gasteiger partial charge is 0.147 e. The van der Waals surface area contributed by atoms with Crippen molar-refractivity contribution >= 4 is 26.8 Å². The molecular formula is C10H9BrFN. The van der Waals surface area contributed by atoms with Crippen molar-refractivity contribution in [3.63, 3.8) is 0 Å². The highest BCUT2D eigenvalue weighted by Crippen LogP contribution is 2.28. The molecule has 0 atom stereocenters. The quantitative estimate of drug-likeness (QED) is 0.667. The fraction of sp³-hybridized carbons (Fsp3) is 0.200. The maximum atomic E-state index is 13.4. The van der Waals surface area contributed by atoms with Gasteiger partial charge in [-0.25, -0.2) is 4.39 Å². The van der Waals surface area contributed by atoms with Crippen LogP contribution in [0.2, 0.25) is 0 Å². The van der Waals surface area contributed by atoms with Gasteiger partial charge in [-0.2, -0.15) is 0 Å². The van der Waals surface area contributed by atoms with Crippen LogP contribution in [0, 0.1) is 12.7 Å². The Bertz CT molecular complexity index is 473. The molecule has 1 nitrogen and oxygen atoms in total. The second-order valence-corrected chi connectivity index (χ2v) is 3.99. The number of hydrogen-bond acceptors (Lipinski definition) is 0. The molecule has 0 aliphatic carbocycles. The fourth-order valence-corrected chi connectivity index (χ4v) is 1.95. The average Bonchev–Trinajstić information content (AvgIpc) is 2.38. The van der Waals surface area contributed by atoms with E-state index in [1.165, 1.54) is 6.07 Å².